The lowest BCUT2D eigenvalue weighted by atomic mass is 9.91. The Labute approximate surface area is 162 Å². The molecule has 2 N–H and O–H groups in total. The van der Waals surface area contributed by atoms with Crippen LogP contribution in [0.3, 0.4) is 0 Å². The highest BCUT2D eigenvalue weighted by atomic mass is 16.5. The molecule has 0 aliphatic heterocycles. The van der Waals surface area contributed by atoms with Crippen molar-refractivity contribution in [3.05, 3.63) is 39.7 Å². The first-order valence-electron chi connectivity index (χ1n) is 9.64. The molecule has 2 aromatic rings. The highest BCUT2D eigenvalue weighted by molar-refractivity contribution is 5.85. The fourth-order valence-electron chi connectivity index (χ4n) is 3.56. The van der Waals surface area contributed by atoms with E-state index in [1.807, 2.05) is 13.0 Å². The number of carboxylic acids is 1. The average molecular weight is 387 g/mol. The molecule has 1 amide bonds. The van der Waals surface area contributed by atoms with E-state index in [1.165, 1.54) is 0 Å². The number of ether oxygens (including phenoxy) is 1. The van der Waals surface area contributed by atoms with Crippen LogP contribution in [0.4, 0.5) is 0 Å². The van der Waals surface area contributed by atoms with Gasteiger partial charge in [-0.25, -0.2) is 9.59 Å². The number of carbonyl (C=O) groups is 2. The van der Waals surface area contributed by atoms with Gasteiger partial charge in [-0.05, 0) is 49.3 Å². The van der Waals surface area contributed by atoms with Crippen molar-refractivity contribution < 1.29 is 23.8 Å². The van der Waals surface area contributed by atoms with Crippen molar-refractivity contribution in [3.63, 3.8) is 0 Å². The van der Waals surface area contributed by atoms with E-state index in [0.717, 1.165) is 42.2 Å². The molecule has 1 aliphatic rings. The molecule has 0 saturated carbocycles. The first-order valence-corrected chi connectivity index (χ1v) is 9.64. The molecule has 0 unspecified atom stereocenters. The van der Waals surface area contributed by atoms with Crippen molar-refractivity contribution in [2.24, 2.45) is 5.92 Å². The summed E-state index contributed by atoms with van der Waals surface area (Å²) in [4.78, 5) is 35.6. The number of nitrogens with one attached hydrogen (secondary N) is 1. The van der Waals surface area contributed by atoms with Crippen molar-refractivity contribution in [1.82, 2.24) is 5.32 Å². The maximum atomic E-state index is 12.2. The van der Waals surface area contributed by atoms with Crippen LogP contribution in [-0.2, 0) is 22.4 Å². The van der Waals surface area contributed by atoms with Gasteiger partial charge in [-0.3, -0.25) is 4.79 Å². The highest BCUT2D eigenvalue weighted by Gasteiger charge is 2.25. The summed E-state index contributed by atoms with van der Waals surface area (Å²) in [6.07, 6.45) is 4.27. The van der Waals surface area contributed by atoms with Crippen molar-refractivity contribution in [2.75, 3.05) is 6.61 Å². The fourth-order valence-corrected chi connectivity index (χ4v) is 3.56. The maximum Gasteiger partial charge on any atom is 0.339 e. The molecule has 150 valence electrons. The molecule has 1 aromatic heterocycles. The molecule has 0 saturated heterocycles. The molecule has 0 bridgehead atoms. The molecule has 7 heteroatoms. The van der Waals surface area contributed by atoms with E-state index in [1.54, 1.807) is 19.1 Å². The summed E-state index contributed by atoms with van der Waals surface area (Å²) in [5.41, 5.74) is 1.93. The molecule has 3 rings (SSSR count). The molecule has 7 nitrogen and oxygen atoms in total. The molecule has 28 heavy (non-hydrogen) atoms. The van der Waals surface area contributed by atoms with Gasteiger partial charge in [0.15, 0.2) is 6.61 Å². The summed E-state index contributed by atoms with van der Waals surface area (Å²) >= 11 is 0. The summed E-state index contributed by atoms with van der Waals surface area (Å²) in [5, 5.41) is 12.6. The SMILES string of the molecule is CC[C@H](C)[C@H](NC(=O)COc1ccc2c3c(c(=O)oc2c1)CCCC3)C(=O)O. The van der Waals surface area contributed by atoms with E-state index in [4.69, 9.17) is 9.15 Å². The van der Waals surface area contributed by atoms with Crippen molar-refractivity contribution in [1.29, 1.82) is 0 Å². The van der Waals surface area contributed by atoms with Crippen LogP contribution in [-0.4, -0.2) is 29.6 Å². The van der Waals surface area contributed by atoms with E-state index in [-0.39, 0.29) is 18.2 Å². The van der Waals surface area contributed by atoms with Crippen molar-refractivity contribution >= 4 is 22.8 Å². The van der Waals surface area contributed by atoms with Gasteiger partial charge in [0.2, 0.25) is 0 Å². The predicted octanol–water partition coefficient (Wildman–Crippen LogP) is 2.67. The van der Waals surface area contributed by atoms with Crippen molar-refractivity contribution in [3.8, 4) is 5.75 Å². The second kappa shape index (κ2) is 8.46. The standard InChI is InChI=1S/C21H25NO6/c1-3-12(2)19(20(24)25)22-18(23)11-27-13-8-9-15-14-6-4-5-7-16(14)21(26)28-17(15)10-13/h8-10,12,19H,3-7,11H2,1-2H3,(H,22,23)(H,24,25)/t12-,19-/m0/s1. The molecular weight excluding hydrogens is 362 g/mol. The number of carbonyl (C=O) groups excluding carboxylic acids is 1. The third-order valence-corrected chi connectivity index (χ3v) is 5.36. The minimum Gasteiger partial charge on any atom is -0.484 e. The Balaban J connectivity index is 1.72. The van der Waals surface area contributed by atoms with E-state index in [2.05, 4.69) is 5.32 Å². The fraction of sp³-hybridized carbons (Fsp3) is 0.476. The van der Waals surface area contributed by atoms with Gasteiger partial charge < -0.3 is 19.6 Å². The van der Waals surface area contributed by atoms with E-state index in [0.29, 0.717) is 17.8 Å². The minimum atomic E-state index is -1.07. The number of aliphatic carboxylic acids is 1. The first-order chi connectivity index (χ1) is 13.4. The number of hydrogen-bond donors (Lipinski definition) is 2. The Morgan fingerprint density at radius 1 is 1.25 bits per heavy atom. The van der Waals surface area contributed by atoms with Gasteiger partial charge in [0.1, 0.15) is 17.4 Å². The summed E-state index contributed by atoms with van der Waals surface area (Å²) in [6.45, 7) is 3.32. The number of hydrogen-bond acceptors (Lipinski definition) is 5. The van der Waals surface area contributed by atoms with E-state index >= 15 is 0 Å². The molecule has 1 aliphatic carbocycles. The number of rotatable bonds is 7. The molecule has 1 heterocycles. The molecule has 1 aromatic carbocycles. The lowest BCUT2D eigenvalue weighted by molar-refractivity contribution is -0.143. The predicted molar refractivity (Wildman–Crippen MR) is 104 cm³/mol. The third-order valence-electron chi connectivity index (χ3n) is 5.36. The Bertz CT molecular complexity index is 948. The van der Waals surface area contributed by atoms with Crippen LogP contribution in [0.1, 0.15) is 44.2 Å². The minimum absolute atomic E-state index is 0.192. The van der Waals surface area contributed by atoms with Crippen LogP contribution in [0.5, 0.6) is 5.75 Å². The largest absolute Gasteiger partial charge is 0.484 e. The first kappa shape index (κ1) is 19.9. The van der Waals surface area contributed by atoms with Crippen LogP contribution < -0.4 is 15.7 Å². The Morgan fingerprint density at radius 3 is 2.64 bits per heavy atom. The zero-order valence-corrected chi connectivity index (χ0v) is 16.1. The topological polar surface area (TPSA) is 106 Å². The monoisotopic (exact) mass is 387 g/mol. The number of aryl methyl sites for hydroxylation is 1. The highest BCUT2D eigenvalue weighted by Crippen LogP contribution is 2.29. The normalized spacial score (nSPS) is 15.5. The van der Waals surface area contributed by atoms with Crippen LogP contribution in [0.25, 0.3) is 11.0 Å². The maximum absolute atomic E-state index is 12.2. The zero-order valence-electron chi connectivity index (χ0n) is 16.1. The zero-order chi connectivity index (χ0) is 20.3. The van der Waals surface area contributed by atoms with Gasteiger partial charge in [0, 0.05) is 17.0 Å². The second-order valence-corrected chi connectivity index (χ2v) is 7.27. The number of fused-ring (bicyclic) bond motifs is 3. The van der Waals surface area contributed by atoms with Gasteiger partial charge in [-0.15, -0.1) is 0 Å². The van der Waals surface area contributed by atoms with Gasteiger partial charge >= 0.3 is 11.6 Å². The van der Waals surface area contributed by atoms with Crippen LogP contribution in [0.2, 0.25) is 0 Å². The average Bonchev–Trinajstić information content (AvgIpc) is 2.69. The quantitative estimate of drug-likeness (QED) is 0.708. The molecule has 0 fully saturated rings. The Hall–Kier alpha value is -2.83. The number of carboxylic acid groups (broad SMARTS) is 1. The van der Waals surface area contributed by atoms with Gasteiger partial charge in [0.25, 0.3) is 5.91 Å². The summed E-state index contributed by atoms with van der Waals surface area (Å²) in [7, 11) is 0. The summed E-state index contributed by atoms with van der Waals surface area (Å²) in [6, 6.07) is 4.22. The summed E-state index contributed by atoms with van der Waals surface area (Å²) in [5.74, 6) is -1.39. The summed E-state index contributed by atoms with van der Waals surface area (Å²) < 4.78 is 10.9. The van der Waals surface area contributed by atoms with Crippen LogP contribution in [0.15, 0.2) is 27.4 Å². The lowest BCUT2D eigenvalue weighted by Gasteiger charge is -2.20. The van der Waals surface area contributed by atoms with Crippen LogP contribution >= 0.6 is 0 Å². The second-order valence-electron chi connectivity index (χ2n) is 7.27. The lowest BCUT2D eigenvalue weighted by Crippen LogP contribution is -2.46. The third kappa shape index (κ3) is 4.18. The van der Waals surface area contributed by atoms with Gasteiger partial charge in [-0.2, -0.15) is 0 Å². The van der Waals surface area contributed by atoms with E-state index < -0.39 is 17.9 Å². The Kier molecular flexibility index (Phi) is 6.02. The molecule has 2 atom stereocenters. The Morgan fingerprint density at radius 2 is 1.96 bits per heavy atom. The molecule has 0 radical (unpaired) electrons. The number of benzene rings is 1. The smallest absolute Gasteiger partial charge is 0.339 e. The molecule has 0 spiro atoms. The van der Waals surface area contributed by atoms with Crippen LogP contribution in [0, 0.1) is 5.92 Å². The van der Waals surface area contributed by atoms with E-state index in [9.17, 15) is 19.5 Å². The van der Waals surface area contributed by atoms with Gasteiger partial charge in [-0.1, -0.05) is 20.3 Å². The van der Waals surface area contributed by atoms with Gasteiger partial charge in [0.05, 0.1) is 0 Å². The van der Waals surface area contributed by atoms with Crippen molar-refractivity contribution in [2.45, 2.75) is 52.0 Å². The molecular formula is C21H25NO6. The number of amides is 1.